The van der Waals surface area contributed by atoms with Gasteiger partial charge in [0.2, 0.25) is 0 Å². The van der Waals surface area contributed by atoms with Gasteiger partial charge in [-0.3, -0.25) is 0 Å². The molecule has 23 heavy (non-hydrogen) atoms. The van der Waals surface area contributed by atoms with E-state index in [1.54, 1.807) is 31.2 Å². The van der Waals surface area contributed by atoms with Crippen molar-refractivity contribution in [3.63, 3.8) is 0 Å². The minimum atomic E-state index is -0.958. The first-order chi connectivity index (χ1) is 11.0. The molecular weight excluding hydrogens is 333 g/mol. The standard InChI is InChI=1S/C18H13Cl2NO2/c1-11-17(18(22)23)16(12-2-4-13(19)5-3-12)10-21(11)15-8-6-14(20)7-9-15/h2-10H,1H3,(H,22,23). The Bertz CT molecular complexity index is 865. The minimum absolute atomic E-state index is 0.280. The molecule has 0 aliphatic carbocycles. The Hall–Kier alpha value is -2.23. The summed E-state index contributed by atoms with van der Waals surface area (Å²) in [6.45, 7) is 1.79. The Morgan fingerprint density at radius 3 is 2.00 bits per heavy atom. The van der Waals surface area contributed by atoms with Gasteiger partial charge in [-0.2, -0.15) is 0 Å². The van der Waals surface area contributed by atoms with Crippen LogP contribution in [0.25, 0.3) is 16.8 Å². The SMILES string of the molecule is Cc1c(C(=O)O)c(-c2ccc(Cl)cc2)cn1-c1ccc(Cl)cc1. The molecule has 0 unspecified atom stereocenters. The highest BCUT2D eigenvalue weighted by molar-refractivity contribution is 6.30. The molecule has 3 rings (SSSR count). The van der Waals surface area contributed by atoms with Gasteiger partial charge in [-0.25, -0.2) is 4.79 Å². The van der Waals surface area contributed by atoms with Gasteiger partial charge >= 0.3 is 5.97 Å². The second-order valence-corrected chi connectivity index (χ2v) is 6.03. The van der Waals surface area contributed by atoms with E-state index >= 15 is 0 Å². The Kier molecular flexibility index (Phi) is 4.16. The molecule has 3 nitrogen and oxygen atoms in total. The molecule has 0 atom stereocenters. The summed E-state index contributed by atoms with van der Waals surface area (Å²) in [5, 5.41) is 10.9. The molecule has 1 aromatic heterocycles. The lowest BCUT2D eigenvalue weighted by atomic mass is 10.0. The van der Waals surface area contributed by atoms with Crippen molar-refractivity contribution in [2.24, 2.45) is 0 Å². The molecule has 3 aromatic rings. The molecule has 1 N–H and O–H groups in total. The van der Waals surface area contributed by atoms with E-state index < -0.39 is 5.97 Å². The lowest BCUT2D eigenvalue weighted by molar-refractivity contribution is 0.0697. The topological polar surface area (TPSA) is 42.2 Å². The molecular formula is C18H13Cl2NO2. The summed E-state index contributed by atoms with van der Waals surface area (Å²) in [5.41, 5.74) is 3.26. The Balaban J connectivity index is 2.20. The highest BCUT2D eigenvalue weighted by Crippen LogP contribution is 2.31. The van der Waals surface area contributed by atoms with Gasteiger partial charge in [-0.1, -0.05) is 35.3 Å². The first kappa shape index (κ1) is 15.7. The third-order valence-electron chi connectivity index (χ3n) is 3.72. The van der Waals surface area contributed by atoms with Crippen molar-refractivity contribution in [1.29, 1.82) is 0 Å². The summed E-state index contributed by atoms with van der Waals surface area (Å²) >= 11 is 11.8. The molecule has 5 heteroatoms. The molecule has 0 fully saturated rings. The molecule has 2 aromatic carbocycles. The second kappa shape index (κ2) is 6.11. The zero-order valence-electron chi connectivity index (χ0n) is 12.3. The largest absolute Gasteiger partial charge is 0.478 e. The van der Waals surface area contributed by atoms with Crippen LogP contribution in [0.2, 0.25) is 10.0 Å². The zero-order valence-corrected chi connectivity index (χ0v) is 13.8. The van der Waals surface area contributed by atoms with Crippen molar-refractivity contribution in [2.45, 2.75) is 6.92 Å². The van der Waals surface area contributed by atoms with E-state index in [9.17, 15) is 9.90 Å². The molecule has 0 saturated carbocycles. The maximum atomic E-state index is 11.7. The van der Waals surface area contributed by atoms with E-state index in [-0.39, 0.29) is 5.56 Å². The zero-order chi connectivity index (χ0) is 16.6. The molecule has 0 aliphatic heterocycles. The van der Waals surface area contributed by atoms with Crippen molar-refractivity contribution < 1.29 is 9.90 Å². The van der Waals surface area contributed by atoms with Gasteiger partial charge in [0.15, 0.2) is 0 Å². The van der Waals surface area contributed by atoms with E-state index in [4.69, 9.17) is 23.2 Å². The lowest BCUT2D eigenvalue weighted by Gasteiger charge is -2.06. The van der Waals surface area contributed by atoms with Gasteiger partial charge in [0.25, 0.3) is 0 Å². The van der Waals surface area contributed by atoms with Crippen molar-refractivity contribution in [3.8, 4) is 16.8 Å². The number of benzene rings is 2. The van der Waals surface area contributed by atoms with Crippen LogP contribution in [0.15, 0.2) is 54.7 Å². The third-order valence-corrected chi connectivity index (χ3v) is 4.23. The fraction of sp³-hybridized carbons (Fsp3) is 0.0556. The molecule has 116 valence electrons. The van der Waals surface area contributed by atoms with Crippen LogP contribution >= 0.6 is 23.2 Å². The van der Waals surface area contributed by atoms with Crippen molar-refractivity contribution in [2.75, 3.05) is 0 Å². The van der Waals surface area contributed by atoms with Gasteiger partial charge < -0.3 is 9.67 Å². The summed E-state index contributed by atoms with van der Waals surface area (Å²) < 4.78 is 1.85. The van der Waals surface area contributed by atoms with Gasteiger partial charge in [-0.05, 0) is 48.9 Å². The Morgan fingerprint density at radius 2 is 1.48 bits per heavy atom. The third kappa shape index (κ3) is 2.98. The van der Waals surface area contributed by atoms with Crippen molar-refractivity contribution in [1.82, 2.24) is 4.57 Å². The highest BCUT2D eigenvalue weighted by atomic mass is 35.5. The summed E-state index contributed by atoms with van der Waals surface area (Å²) in [4.78, 5) is 11.7. The number of nitrogens with zero attached hydrogens (tertiary/aromatic N) is 1. The smallest absolute Gasteiger partial charge is 0.338 e. The predicted molar refractivity (Wildman–Crippen MR) is 92.9 cm³/mol. The molecule has 1 heterocycles. The minimum Gasteiger partial charge on any atom is -0.478 e. The van der Waals surface area contributed by atoms with E-state index in [1.165, 1.54) is 0 Å². The number of aromatic nitrogens is 1. The first-order valence-corrected chi connectivity index (χ1v) is 7.70. The number of carboxylic acid groups (broad SMARTS) is 1. The average Bonchev–Trinajstić information content (AvgIpc) is 2.86. The van der Waals surface area contributed by atoms with E-state index in [2.05, 4.69) is 0 Å². The normalized spacial score (nSPS) is 10.7. The summed E-state index contributed by atoms with van der Waals surface area (Å²) in [7, 11) is 0. The molecule has 0 bridgehead atoms. The highest BCUT2D eigenvalue weighted by Gasteiger charge is 2.20. The second-order valence-electron chi connectivity index (χ2n) is 5.16. The van der Waals surface area contributed by atoms with E-state index in [0.717, 1.165) is 11.3 Å². The molecule has 0 aliphatic rings. The van der Waals surface area contributed by atoms with Crippen molar-refractivity contribution >= 4 is 29.2 Å². The fourth-order valence-electron chi connectivity index (χ4n) is 2.59. The number of rotatable bonds is 3. The average molecular weight is 346 g/mol. The van der Waals surface area contributed by atoms with Crippen LogP contribution in [0, 0.1) is 6.92 Å². The van der Waals surface area contributed by atoms with Crippen LogP contribution in [0.1, 0.15) is 16.1 Å². The summed E-state index contributed by atoms with van der Waals surface area (Å²) in [5.74, 6) is -0.958. The van der Waals surface area contributed by atoms with Crippen LogP contribution in [-0.4, -0.2) is 15.6 Å². The Morgan fingerprint density at radius 1 is 0.957 bits per heavy atom. The van der Waals surface area contributed by atoms with Gasteiger partial charge in [-0.15, -0.1) is 0 Å². The fourth-order valence-corrected chi connectivity index (χ4v) is 2.85. The van der Waals surface area contributed by atoms with Crippen LogP contribution < -0.4 is 0 Å². The van der Waals surface area contributed by atoms with Gasteiger partial charge in [0.05, 0.1) is 5.56 Å². The van der Waals surface area contributed by atoms with E-state index in [1.807, 2.05) is 35.0 Å². The maximum Gasteiger partial charge on any atom is 0.338 e. The number of hydrogen-bond donors (Lipinski definition) is 1. The van der Waals surface area contributed by atoms with Crippen LogP contribution in [0.5, 0.6) is 0 Å². The van der Waals surface area contributed by atoms with Crippen LogP contribution in [0.3, 0.4) is 0 Å². The number of carboxylic acids is 1. The number of halogens is 2. The van der Waals surface area contributed by atoms with Gasteiger partial charge in [0, 0.05) is 33.2 Å². The quantitative estimate of drug-likeness (QED) is 0.684. The number of carbonyl (C=O) groups is 1. The molecule has 0 amide bonds. The molecule has 0 spiro atoms. The van der Waals surface area contributed by atoms with Crippen LogP contribution in [-0.2, 0) is 0 Å². The lowest BCUT2D eigenvalue weighted by Crippen LogP contribution is -2.02. The number of aromatic carboxylic acids is 1. The van der Waals surface area contributed by atoms with Crippen molar-refractivity contribution in [3.05, 3.63) is 76.0 Å². The Labute approximate surface area is 143 Å². The van der Waals surface area contributed by atoms with Crippen LogP contribution in [0.4, 0.5) is 0 Å². The van der Waals surface area contributed by atoms with E-state index in [0.29, 0.717) is 21.3 Å². The maximum absolute atomic E-state index is 11.7. The molecule has 0 saturated heterocycles. The van der Waals surface area contributed by atoms with Gasteiger partial charge in [0.1, 0.15) is 0 Å². The number of hydrogen-bond acceptors (Lipinski definition) is 1. The predicted octanol–water partition coefficient (Wildman–Crippen LogP) is 5.46. The monoisotopic (exact) mass is 345 g/mol. The summed E-state index contributed by atoms with van der Waals surface area (Å²) in [6.07, 6.45) is 1.82. The molecule has 0 radical (unpaired) electrons. The first-order valence-electron chi connectivity index (χ1n) is 6.94. The summed E-state index contributed by atoms with van der Waals surface area (Å²) in [6, 6.07) is 14.4.